The lowest BCUT2D eigenvalue weighted by Crippen LogP contribution is -2.18. The molecule has 0 saturated heterocycles. The van der Waals surface area contributed by atoms with Gasteiger partial charge in [-0.2, -0.15) is 11.8 Å². The molecular weight excluding hydrogens is 172 g/mol. The van der Waals surface area contributed by atoms with Crippen molar-refractivity contribution < 1.29 is 9.84 Å². The Morgan fingerprint density at radius 1 is 1.50 bits per heavy atom. The third-order valence-electron chi connectivity index (χ3n) is 2.19. The van der Waals surface area contributed by atoms with Crippen LogP contribution in [0.25, 0.3) is 0 Å². The Kier molecular flexibility index (Phi) is 5.04. The summed E-state index contributed by atoms with van der Waals surface area (Å²) in [5.41, 5.74) is 0. The smallest absolute Gasteiger partial charge is 0.0863 e. The van der Waals surface area contributed by atoms with Gasteiger partial charge in [0.05, 0.1) is 12.7 Å². The van der Waals surface area contributed by atoms with Crippen LogP contribution in [0.5, 0.6) is 0 Å². The molecule has 1 fully saturated rings. The van der Waals surface area contributed by atoms with E-state index in [1.54, 1.807) is 7.11 Å². The van der Waals surface area contributed by atoms with Crippen molar-refractivity contribution in [3.8, 4) is 0 Å². The minimum atomic E-state index is -0.277. The predicted molar refractivity (Wildman–Crippen MR) is 52.6 cm³/mol. The largest absolute Gasteiger partial charge is 0.390 e. The number of ether oxygens (including phenoxy) is 1. The molecule has 1 rings (SSSR count). The Morgan fingerprint density at radius 2 is 2.17 bits per heavy atom. The SMILES string of the molecule is COCC(O)CSC1CCCC1. The lowest BCUT2D eigenvalue weighted by atomic mass is 10.4. The van der Waals surface area contributed by atoms with Gasteiger partial charge in [0, 0.05) is 18.1 Å². The second-order valence-corrected chi connectivity index (χ2v) is 4.68. The zero-order chi connectivity index (χ0) is 8.81. The van der Waals surface area contributed by atoms with Crippen molar-refractivity contribution in [2.75, 3.05) is 19.5 Å². The number of thioether (sulfide) groups is 1. The van der Waals surface area contributed by atoms with E-state index >= 15 is 0 Å². The Morgan fingerprint density at radius 3 is 2.75 bits per heavy atom. The molecule has 0 aliphatic heterocycles. The van der Waals surface area contributed by atoms with Gasteiger partial charge in [0.1, 0.15) is 0 Å². The van der Waals surface area contributed by atoms with E-state index in [9.17, 15) is 5.11 Å². The van der Waals surface area contributed by atoms with Gasteiger partial charge in [0.2, 0.25) is 0 Å². The maximum absolute atomic E-state index is 9.36. The first-order valence-electron chi connectivity index (χ1n) is 4.61. The molecule has 2 nitrogen and oxygen atoms in total. The Hall–Kier alpha value is 0.270. The molecule has 0 bridgehead atoms. The topological polar surface area (TPSA) is 29.5 Å². The number of aliphatic hydroxyl groups is 1. The lowest BCUT2D eigenvalue weighted by molar-refractivity contribution is 0.0793. The summed E-state index contributed by atoms with van der Waals surface area (Å²) >= 11 is 1.90. The van der Waals surface area contributed by atoms with Gasteiger partial charge in [-0.25, -0.2) is 0 Å². The van der Waals surface area contributed by atoms with Crippen molar-refractivity contribution in [3.05, 3.63) is 0 Å². The number of rotatable bonds is 5. The van der Waals surface area contributed by atoms with Crippen LogP contribution in [0, 0.1) is 0 Å². The molecule has 1 saturated carbocycles. The van der Waals surface area contributed by atoms with Gasteiger partial charge in [-0.1, -0.05) is 12.8 Å². The summed E-state index contributed by atoms with van der Waals surface area (Å²) in [6.07, 6.45) is 5.14. The van der Waals surface area contributed by atoms with E-state index in [4.69, 9.17) is 4.74 Å². The van der Waals surface area contributed by atoms with Crippen LogP contribution >= 0.6 is 11.8 Å². The highest BCUT2D eigenvalue weighted by atomic mass is 32.2. The summed E-state index contributed by atoms with van der Waals surface area (Å²) in [4.78, 5) is 0. The van der Waals surface area contributed by atoms with Crippen LogP contribution in [-0.2, 0) is 4.74 Å². The van der Waals surface area contributed by atoms with Crippen molar-refractivity contribution in [1.29, 1.82) is 0 Å². The van der Waals surface area contributed by atoms with Crippen LogP contribution in [0.15, 0.2) is 0 Å². The number of hydrogen-bond acceptors (Lipinski definition) is 3. The maximum atomic E-state index is 9.36. The highest BCUT2D eigenvalue weighted by Gasteiger charge is 2.16. The third kappa shape index (κ3) is 3.78. The van der Waals surface area contributed by atoms with Crippen molar-refractivity contribution >= 4 is 11.8 Å². The maximum Gasteiger partial charge on any atom is 0.0863 e. The molecule has 0 aromatic carbocycles. The van der Waals surface area contributed by atoms with Crippen LogP contribution in [0.2, 0.25) is 0 Å². The van der Waals surface area contributed by atoms with Gasteiger partial charge < -0.3 is 9.84 Å². The minimum Gasteiger partial charge on any atom is -0.390 e. The van der Waals surface area contributed by atoms with Crippen LogP contribution in [-0.4, -0.2) is 35.9 Å². The fourth-order valence-corrected chi connectivity index (χ4v) is 2.80. The van der Waals surface area contributed by atoms with Crippen LogP contribution in [0.4, 0.5) is 0 Å². The van der Waals surface area contributed by atoms with Gasteiger partial charge in [0.25, 0.3) is 0 Å². The summed E-state index contributed by atoms with van der Waals surface area (Å²) in [6, 6.07) is 0. The molecule has 1 atom stereocenters. The molecule has 1 aliphatic carbocycles. The van der Waals surface area contributed by atoms with Crippen molar-refractivity contribution in [2.45, 2.75) is 37.0 Å². The van der Waals surface area contributed by atoms with Gasteiger partial charge in [-0.05, 0) is 12.8 Å². The van der Waals surface area contributed by atoms with Gasteiger partial charge >= 0.3 is 0 Å². The highest BCUT2D eigenvalue weighted by Crippen LogP contribution is 2.29. The molecule has 1 aliphatic rings. The molecule has 3 heteroatoms. The standard InChI is InChI=1S/C9H18O2S/c1-11-6-8(10)7-12-9-4-2-3-5-9/h8-10H,2-7H2,1H3. The zero-order valence-electron chi connectivity index (χ0n) is 7.66. The lowest BCUT2D eigenvalue weighted by Gasteiger charge is -2.12. The Labute approximate surface area is 78.7 Å². The van der Waals surface area contributed by atoms with Gasteiger partial charge in [0.15, 0.2) is 0 Å². The van der Waals surface area contributed by atoms with E-state index in [0.29, 0.717) is 6.61 Å². The van der Waals surface area contributed by atoms with E-state index < -0.39 is 0 Å². The second kappa shape index (κ2) is 5.84. The fraction of sp³-hybridized carbons (Fsp3) is 1.00. The fourth-order valence-electron chi connectivity index (χ4n) is 1.54. The predicted octanol–water partition coefficient (Wildman–Crippen LogP) is 1.67. The molecule has 0 aromatic heterocycles. The first kappa shape index (κ1) is 10.4. The Bertz CT molecular complexity index is 113. The van der Waals surface area contributed by atoms with Crippen molar-refractivity contribution in [2.24, 2.45) is 0 Å². The molecule has 0 amide bonds. The molecule has 0 aromatic rings. The molecule has 1 unspecified atom stereocenters. The summed E-state index contributed by atoms with van der Waals surface area (Å²) < 4.78 is 4.86. The molecule has 1 N–H and O–H groups in total. The minimum absolute atomic E-state index is 0.277. The summed E-state index contributed by atoms with van der Waals surface area (Å²) in [5, 5.41) is 10.2. The Balaban J connectivity index is 1.99. The van der Waals surface area contributed by atoms with E-state index in [1.165, 1.54) is 25.7 Å². The molecule has 0 heterocycles. The molecular formula is C9H18O2S. The highest BCUT2D eigenvalue weighted by molar-refractivity contribution is 7.99. The third-order valence-corrected chi connectivity index (χ3v) is 3.71. The number of aliphatic hydroxyl groups excluding tert-OH is 1. The summed E-state index contributed by atoms with van der Waals surface area (Å²) in [5.74, 6) is 0.832. The molecule has 0 radical (unpaired) electrons. The average Bonchev–Trinajstić information content (AvgIpc) is 2.53. The first-order chi connectivity index (χ1) is 5.83. The zero-order valence-corrected chi connectivity index (χ0v) is 8.48. The van der Waals surface area contributed by atoms with Crippen molar-refractivity contribution in [3.63, 3.8) is 0 Å². The second-order valence-electron chi connectivity index (χ2n) is 3.35. The number of hydrogen-bond donors (Lipinski definition) is 1. The van der Waals surface area contributed by atoms with Crippen LogP contribution in [0.1, 0.15) is 25.7 Å². The van der Waals surface area contributed by atoms with E-state index in [1.807, 2.05) is 11.8 Å². The molecule has 72 valence electrons. The quantitative estimate of drug-likeness (QED) is 0.715. The number of methoxy groups -OCH3 is 1. The van der Waals surface area contributed by atoms with E-state index in [-0.39, 0.29) is 6.10 Å². The summed E-state index contributed by atoms with van der Waals surface area (Å²) in [7, 11) is 1.63. The summed E-state index contributed by atoms with van der Waals surface area (Å²) in [6.45, 7) is 0.472. The molecule has 12 heavy (non-hydrogen) atoms. The monoisotopic (exact) mass is 190 g/mol. The van der Waals surface area contributed by atoms with E-state index in [0.717, 1.165) is 11.0 Å². The average molecular weight is 190 g/mol. The van der Waals surface area contributed by atoms with E-state index in [2.05, 4.69) is 0 Å². The normalized spacial score (nSPS) is 21.5. The first-order valence-corrected chi connectivity index (χ1v) is 5.66. The van der Waals surface area contributed by atoms with Crippen LogP contribution < -0.4 is 0 Å². The van der Waals surface area contributed by atoms with Crippen molar-refractivity contribution in [1.82, 2.24) is 0 Å². The van der Waals surface area contributed by atoms with Crippen LogP contribution in [0.3, 0.4) is 0 Å². The van der Waals surface area contributed by atoms with Gasteiger partial charge in [-0.3, -0.25) is 0 Å². The molecule has 0 spiro atoms. The van der Waals surface area contributed by atoms with Gasteiger partial charge in [-0.15, -0.1) is 0 Å².